The van der Waals surface area contributed by atoms with Crippen molar-refractivity contribution >= 4 is 22.3 Å². The Morgan fingerprint density at radius 3 is 2.70 bits per heavy atom. The quantitative estimate of drug-likeness (QED) is 0.518. The highest BCUT2D eigenvalue weighted by Gasteiger charge is 2.29. The Balaban J connectivity index is 1.49. The zero-order valence-electron chi connectivity index (χ0n) is 18.7. The van der Waals surface area contributed by atoms with Gasteiger partial charge in [-0.1, -0.05) is 25.1 Å². The molecule has 1 unspecified atom stereocenters. The van der Waals surface area contributed by atoms with Crippen molar-refractivity contribution in [3.63, 3.8) is 0 Å². The van der Waals surface area contributed by atoms with Crippen molar-refractivity contribution in [2.75, 3.05) is 13.1 Å². The van der Waals surface area contributed by atoms with Gasteiger partial charge in [-0.25, -0.2) is 14.2 Å². The summed E-state index contributed by atoms with van der Waals surface area (Å²) < 4.78 is 2.81. The predicted octanol–water partition coefficient (Wildman–Crippen LogP) is 2.33. The van der Waals surface area contributed by atoms with Crippen LogP contribution in [0.2, 0.25) is 0 Å². The number of carbonyl (C=O) groups is 1. The van der Waals surface area contributed by atoms with Crippen LogP contribution in [0.5, 0.6) is 0 Å². The lowest BCUT2D eigenvalue weighted by Gasteiger charge is -2.32. The lowest BCUT2D eigenvalue weighted by Crippen LogP contribution is -2.40. The molecule has 4 heterocycles. The van der Waals surface area contributed by atoms with Gasteiger partial charge in [0.1, 0.15) is 0 Å². The Hall–Kier alpha value is -3.75. The molecule has 1 aromatic carbocycles. The summed E-state index contributed by atoms with van der Waals surface area (Å²) in [7, 11) is 0. The summed E-state index contributed by atoms with van der Waals surface area (Å²) in [6.45, 7) is 5.32. The number of H-pyrrole nitrogens is 1. The predicted molar refractivity (Wildman–Crippen MR) is 125 cm³/mol. The van der Waals surface area contributed by atoms with Crippen molar-refractivity contribution in [2.45, 2.75) is 45.6 Å². The lowest BCUT2D eigenvalue weighted by atomic mass is 9.94. The largest absolute Gasteiger partial charge is 0.337 e. The van der Waals surface area contributed by atoms with Crippen molar-refractivity contribution in [1.82, 2.24) is 29.3 Å². The Labute approximate surface area is 189 Å². The number of aryl methyl sites for hydroxylation is 2. The summed E-state index contributed by atoms with van der Waals surface area (Å²) in [5.41, 5.74) is 2.22. The fraction of sp³-hybridized carbons (Fsp3) is 0.375. The molecule has 9 heteroatoms. The molecular formula is C24H26N6O3. The number of likely N-dealkylation sites (tertiary alicyclic amines) is 1. The Bertz CT molecular complexity index is 1480. The van der Waals surface area contributed by atoms with Gasteiger partial charge >= 0.3 is 0 Å². The second kappa shape index (κ2) is 8.31. The van der Waals surface area contributed by atoms with Crippen LogP contribution in [-0.4, -0.2) is 48.3 Å². The van der Waals surface area contributed by atoms with Crippen LogP contribution in [0.25, 0.3) is 16.4 Å². The van der Waals surface area contributed by atoms with E-state index in [-0.39, 0.29) is 22.9 Å². The molecule has 1 aliphatic rings. The molecule has 9 nitrogen and oxygen atoms in total. The summed E-state index contributed by atoms with van der Waals surface area (Å²) in [6.07, 6.45) is 2.42. The van der Waals surface area contributed by atoms with Crippen LogP contribution in [0.3, 0.4) is 0 Å². The van der Waals surface area contributed by atoms with Crippen molar-refractivity contribution in [3.8, 4) is 0 Å². The van der Waals surface area contributed by atoms with E-state index in [0.717, 1.165) is 24.2 Å². The number of fused-ring (bicyclic) bond motifs is 2. The second-order valence-electron chi connectivity index (χ2n) is 8.45. The molecule has 170 valence electrons. The summed E-state index contributed by atoms with van der Waals surface area (Å²) in [6, 6.07) is 10.6. The first kappa shape index (κ1) is 21.1. The molecular weight excluding hydrogens is 420 g/mol. The Morgan fingerprint density at radius 2 is 1.94 bits per heavy atom. The van der Waals surface area contributed by atoms with Crippen LogP contribution >= 0.6 is 0 Å². The van der Waals surface area contributed by atoms with Gasteiger partial charge in [-0.15, -0.1) is 0 Å². The molecule has 0 radical (unpaired) electrons. The average Bonchev–Trinajstić information content (AvgIpc) is 3.29. The number of hydrogen-bond acceptors (Lipinski definition) is 5. The maximum absolute atomic E-state index is 13.6. The number of hydrogen-bond donors (Lipinski definition) is 1. The van der Waals surface area contributed by atoms with E-state index in [0.29, 0.717) is 48.2 Å². The van der Waals surface area contributed by atoms with Crippen LogP contribution in [0.4, 0.5) is 0 Å². The minimum absolute atomic E-state index is 0.0530. The van der Waals surface area contributed by atoms with Crippen LogP contribution in [0, 0.1) is 0 Å². The minimum atomic E-state index is -0.191. The van der Waals surface area contributed by atoms with Crippen molar-refractivity contribution in [2.24, 2.45) is 0 Å². The molecule has 4 aromatic rings. The molecule has 0 saturated carbocycles. The van der Waals surface area contributed by atoms with Crippen LogP contribution in [0.1, 0.15) is 54.5 Å². The Morgan fingerprint density at radius 1 is 1.15 bits per heavy atom. The van der Waals surface area contributed by atoms with Gasteiger partial charge in [0, 0.05) is 54.5 Å². The van der Waals surface area contributed by atoms with E-state index in [1.54, 1.807) is 29.2 Å². The number of nitrogens with one attached hydrogen (secondary N) is 1. The topological polar surface area (TPSA) is 105 Å². The monoisotopic (exact) mass is 446 g/mol. The van der Waals surface area contributed by atoms with E-state index in [2.05, 4.69) is 15.2 Å². The fourth-order valence-corrected chi connectivity index (χ4v) is 4.62. The molecule has 1 atom stereocenters. The highest BCUT2D eigenvalue weighted by Crippen LogP contribution is 2.28. The fourth-order valence-electron chi connectivity index (χ4n) is 4.62. The highest BCUT2D eigenvalue weighted by molar-refractivity contribution is 6.04. The number of benzene rings is 1. The van der Waals surface area contributed by atoms with Gasteiger partial charge in [0.05, 0.1) is 5.39 Å². The number of nitrogens with zero attached hydrogens (tertiary/aromatic N) is 5. The maximum atomic E-state index is 13.6. The van der Waals surface area contributed by atoms with Gasteiger partial charge in [0.15, 0.2) is 11.3 Å². The zero-order chi connectivity index (χ0) is 23.1. The maximum Gasteiger partial charge on any atom is 0.274 e. The van der Waals surface area contributed by atoms with Gasteiger partial charge in [0.25, 0.3) is 17.0 Å². The summed E-state index contributed by atoms with van der Waals surface area (Å²) in [4.78, 5) is 44.9. The van der Waals surface area contributed by atoms with Crippen LogP contribution in [-0.2, 0) is 13.0 Å². The summed E-state index contributed by atoms with van der Waals surface area (Å²) >= 11 is 0. The van der Waals surface area contributed by atoms with E-state index in [1.807, 2.05) is 26.0 Å². The summed E-state index contributed by atoms with van der Waals surface area (Å²) in [5, 5.41) is 8.66. The second-order valence-corrected chi connectivity index (χ2v) is 8.45. The van der Waals surface area contributed by atoms with E-state index < -0.39 is 0 Å². The first-order valence-electron chi connectivity index (χ1n) is 11.4. The standard InChI is InChI=1S/C24H26N6O3/c1-3-16-12-21(31)30-20(25-16)13-19(26-30)15-8-7-11-28(14-15)24(33)22-17-9-5-6-10-18(17)23(32)29(4-2)27-22/h5-6,9-10,12-13,15,26H,3-4,7-8,11,14H2,1-2H3. The average molecular weight is 447 g/mol. The van der Waals surface area contributed by atoms with Gasteiger partial charge in [-0.05, 0) is 32.3 Å². The first-order chi connectivity index (χ1) is 16.0. The normalized spacial score (nSPS) is 16.5. The van der Waals surface area contributed by atoms with E-state index in [9.17, 15) is 14.4 Å². The molecule has 1 N–H and O–H groups in total. The van der Waals surface area contributed by atoms with Crippen molar-refractivity contribution < 1.29 is 4.79 Å². The van der Waals surface area contributed by atoms with Gasteiger partial charge in [-0.3, -0.25) is 19.5 Å². The smallest absolute Gasteiger partial charge is 0.274 e. The molecule has 0 spiro atoms. The third-order valence-electron chi connectivity index (χ3n) is 6.40. The number of rotatable bonds is 4. The molecule has 1 amide bonds. The number of aromatic amines is 1. The molecule has 5 rings (SSSR count). The van der Waals surface area contributed by atoms with E-state index in [4.69, 9.17) is 0 Å². The number of piperidine rings is 1. The van der Waals surface area contributed by atoms with Gasteiger partial charge in [0.2, 0.25) is 0 Å². The van der Waals surface area contributed by atoms with Crippen LogP contribution < -0.4 is 11.1 Å². The first-order valence-corrected chi connectivity index (χ1v) is 11.4. The molecule has 0 bridgehead atoms. The molecule has 0 aliphatic carbocycles. The minimum Gasteiger partial charge on any atom is -0.337 e. The molecule has 1 saturated heterocycles. The SMILES string of the molecule is CCc1cc(=O)n2[nH]c(C3CCCN(C(=O)c4nn(CC)c(=O)c5ccccc45)C3)cc2n1. The lowest BCUT2D eigenvalue weighted by molar-refractivity contribution is 0.0699. The summed E-state index contributed by atoms with van der Waals surface area (Å²) in [5.74, 6) is -0.130. The number of amides is 1. The highest BCUT2D eigenvalue weighted by atomic mass is 16.2. The number of carbonyl (C=O) groups excluding carboxylic acids is 1. The van der Waals surface area contributed by atoms with Crippen molar-refractivity contribution in [1.29, 1.82) is 0 Å². The molecule has 1 fully saturated rings. The molecule has 33 heavy (non-hydrogen) atoms. The molecule has 3 aromatic heterocycles. The van der Waals surface area contributed by atoms with Crippen LogP contribution in [0.15, 0.2) is 46.0 Å². The third kappa shape index (κ3) is 3.63. The van der Waals surface area contributed by atoms with E-state index in [1.165, 1.54) is 9.20 Å². The number of aromatic nitrogens is 5. The Kier molecular flexibility index (Phi) is 5.32. The van der Waals surface area contributed by atoms with Crippen molar-refractivity contribution in [3.05, 3.63) is 74.2 Å². The third-order valence-corrected chi connectivity index (χ3v) is 6.40. The van der Waals surface area contributed by atoms with Gasteiger partial charge < -0.3 is 4.90 Å². The molecule has 1 aliphatic heterocycles. The zero-order valence-corrected chi connectivity index (χ0v) is 18.7. The van der Waals surface area contributed by atoms with Gasteiger partial charge in [-0.2, -0.15) is 5.10 Å². The van der Waals surface area contributed by atoms with E-state index >= 15 is 0 Å².